The third-order valence-electron chi connectivity index (χ3n) is 4.19. The SMILES string of the molecule is CCCC1CNC(C)(C)CN1Cc1cccc(OC)c1F. The van der Waals surface area contributed by atoms with Gasteiger partial charge in [-0.2, -0.15) is 0 Å². The molecule has 0 bridgehead atoms. The number of hydrogen-bond donors (Lipinski definition) is 1. The summed E-state index contributed by atoms with van der Waals surface area (Å²) >= 11 is 0. The first kappa shape index (κ1) is 16.2. The van der Waals surface area contributed by atoms with E-state index in [9.17, 15) is 4.39 Å². The highest BCUT2D eigenvalue weighted by atomic mass is 19.1. The van der Waals surface area contributed by atoms with E-state index in [2.05, 4.69) is 31.0 Å². The Morgan fingerprint density at radius 3 is 2.86 bits per heavy atom. The number of piperazine rings is 1. The van der Waals surface area contributed by atoms with Crippen molar-refractivity contribution < 1.29 is 9.13 Å². The summed E-state index contributed by atoms with van der Waals surface area (Å²) in [5.74, 6) is 0.0977. The van der Waals surface area contributed by atoms with E-state index in [1.54, 1.807) is 6.07 Å². The standard InChI is InChI=1S/C17H27FN2O/c1-5-7-14-10-19-17(2,3)12-20(14)11-13-8-6-9-15(21-4)16(13)18/h6,8-9,14,19H,5,7,10-12H2,1-4H3. The first-order chi connectivity index (χ1) is 9.96. The zero-order valence-electron chi connectivity index (χ0n) is 13.6. The maximum Gasteiger partial charge on any atom is 0.169 e. The molecule has 118 valence electrons. The van der Waals surface area contributed by atoms with Crippen molar-refractivity contribution in [1.82, 2.24) is 10.2 Å². The molecular formula is C17H27FN2O. The molecule has 1 aromatic rings. The molecule has 1 aromatic carbocycles. The van der Waals surface area contributed by atoms with Crippen molar-refractivity contribution in [2.24, 2.45) is 0 Å². The van der Waals surface area contributed by atoms with Crippen molar-refractivity contribution in [1.29, 1.82) is 0 Å². The van der Waals surface area contributed by atoms with E-state index in [0.29, 0.717) is 23.9 Å². The van der Waals surface area contributed by atoms with Gasteiger partial charge in [0.25, 0.3) is 0 Å². The Bertz CT molecular complexity index is 476. The van der Waals surface area contributed by atoms with Gasteiger partial charge in [0.05, 0.1) is 7.11 Å². The van der Waals surface area contributed by atoms with Crippen LogP contribution in [-0.2, 0) is 6.54 Å². The zero-order valence-corrected chi connectivity index (χ0v) is 13.6. The lowest BCUT2D eigenvalue weighted by atomic mass is 9.96. The predicted molar refractivity (Wildman–Crippen MR) is 84.1 cm³/mol. The lowest BCUT2D eigenvalue weighted by Gasteiger charge is -2.44. The maximum atomic E-state index is 14.4. The summed E-state index contributed by atoms with van der Waals surface area (Å²) in [6, 6.07) is 5.85. The highest BCUT2D eigenvalue weighted by Gasteiger charge is 2.32. The van der Waals surface area contributed by atoms with Gasteiger partial charge in [-0.1, -0.05) is 25.5 Å². The molecule has 4 heteroatoms. The Hall–Kier alpha value is -1.13. The van der Waals surface area contributed by atoms with Crippen molar-refractivity contribution in [2.75, 3.05) is 20.2 Å². The van der Waals surface area contributed by atoms with Crippen molar-refractivity contribution in [2.45, 2.75) is 51.7 Å². The Balaban J connectivity index is 2.18. The average Bonchev–Trinajstić information content (AvgIpc) is 2.44. The van der Waals surface area contributed by atoms with Gasteiger partial charge in [0.2, 0.25) is 0 Å². The van der Waals surface area contributed by atoms with Crippen LogP contribution < -0.4 is 10.1 Å². The largest absolute Gasteiger partial charge is 0.494 e. The van der Waals surface area contributed by atoms with E-state index >= 15 is 0 Å². The third-order valence-corrected chi connectivity index (χ3v) is 4.19. The van der Waals surface area contributed by atoms with Gasteiger partial charge in [-0.15, -0.1) is 0 Å². The summed E-state index contributed by atoms with van der Waals surface area (Å²) in [5.41, 5.74) is 0.785. The van der Waals surface area contributed by atoms with Gasteiger partial charge in [-0.05, 0) is 26.3 Å². The van der Waals surface area contributed by atoms with Crippen LogP contribution in [0.5, 0.6) is 5.75 Å². The number of ether oxygens (including phenoxy) is 1. The maximum absolute atomic E-state index is 14.4. The highest BCUT2D eigenvalue weighted by Crippen LogP contribution is 2.25. The molecule has 21 heavy (non-hydrogen) atoms. The molecule has 1 N–H and O–H groups in total. The van der Waals surface area contributed by atoms with Crippen molar-refractivity contribution in [3.63, 3.8) is 0 Å². The first-order valence-electron chi connectivity index (χ1n) is 7.77. The molecule has 1 aliphatic rings. The molecule has 0 amide bonds. The van der Waals surface area contributed by atoms with Crippen LogP contribution in [0.4, 0.5) is 4.39 Å². The quantitative estimate of drug-likeness (QED) is 0.902. The molecule has 1 fully saturated rings. The molecule has 3 nitrogen and oxygen atoms in total. The second-order valence-corrected chi connectivity index (χ2v) is 6.55. The Labute approximate surface area is 127 Å². The molecule has 0 radical (unpaired) electrons. The smallest absolute Gasteiger partial charge is 0.169 e. The summed E-state index contributed by atoms with van der Waals surface area (Å²) in [6.45, 7) is 9.12. The Morgan fingerprint density at radius 1 is 1.43 bits per heavy atom. The van der Waals surface area contributed by atoms with Crippen LogP contribution in [0.15, 0.2) is 18.2 Å². The summed E-state index contributed by atoms with van der Waals surface area (Å²) in [5, 5.41) is 3.59. The number of benzene rings is 1. The number of nitrogens with one attached hydrogen (secondary N) is 1. The van der Waals surface area contributed by atoms with Gasteiger partial charge >= 0.3 is 0 Å². The highest BCUT2D eigenvalue weighted by molar-refractivity contribution is 5.31. The molecule has 1 unspecified atom stereocenters. The lowest BCUT2D eigenvalue weighted by molar-refractivity contribution is 0.0815. The third kappa shape index (κ3) is 3.95. The fourth-order valence-electron chi connectivity index (χ4n) is 3.07. The molecule has 0 aliphatic carbocycles. The molecule has 0 saturated carbocycles. The number of halogens is 1. The Kier molecular flexibility index (Phi) is 5.22. The average molecular weight is 294 g/mol. The number of hydrogen-bond acceptors (Lipinski definition) is 3. The summed E-state index contributed by atoms with van der Waals surface area (Å²) in [4.78, 5) is 2.40. The first-order valence-corrected chi connectivity index (χ1v) is 7.77. The molecule has 1 aliphatic heterocycles. The summed E-state index contributed by atoms with van der Waals surface area (Å²) in [6.07, 6.45) is 2.28. The van der Waals surface area contributed by atoms with Crippen molar-refractivity contribution in [3.8, 4) is 5.75 Å². The van der Waals surface area contributed by atoms with Gasteiger partial charge in [0, 0.05) is 36.8 Å². The van der Waals surface area contributed by atoms with Gasteiger partial charge in [0.1, 0.15) is 0 Å². The fourth-order valence-corrected chi connectivity index (χ4v) is 3.07. The topological polar surface area (TPSA) is 24.5 Å². The minimum absolute atomic E-state index is 0.0690. The number of methoxy groups -OCH3 is 1. The second kappa shape index (κ2) is 6.75. The van der Waals surface area contributed by atoms with Crippen molar-refractivity contribution >= 4 is 0 Å². The predicted octanol–water partition coefficient (Wildman–Crippen LogP) is 3.19. The minimum Gasteiger partial charge on any atom is -0.494 e. The molecule has 1 atom stereocenters. The van der Waals surface area contributed by atoms with Gasteiger partial charge in [-0.25, -0.2) is 4.39 Å². The van der Waals surface area contributed by atoms with E-state index < -0.39 is 0 Å². The van der Waals surface area contributed by atoms with Crippen LogP contribution in [0.1, 0.15) is 39.2 Å². The lowest BCUT2D eigenvalue weighted by Crippen LogP contribution is -2.61. The molecule has 2 rings (SSSR count). The van der Waals surface area contributed by atoms with E-state index in [1.807, 2.05) is 12.1 Å². The van der Waals surface area contributed by atoms with Crippen LogP contribution in [-0.4, -0.2) is 36.7 Å². The van der Waals surface area contributed by atoms with Gasteiger partial charge in [0.15, 0.2) is 11.6 Å². The molecule has 0 spiro atoms. The molecule has 0 aromatic heterocycles. The van der Waals surface area contributed by atoms with Crippen LogP contribution in [0.3, 0.4) is 0 Å². The normalized spacial score (nSPS) is 22.2. The monoisotopic (exact) mass is 294 g/mol. The van der Waals surface area contributed by atoms with Gasteiger partial charge in [-0.3, -0.25) is 4.90 Å². The van der Waals surface area contributed by atoms with Crippen LogP contribution in [0, 0.1) is 5.82 Å². The molecular weight excluding hydrogens is 267 g/mol. The second-order valence-electron chi connectivity index (χ2n) is 6.55. The van der Waals surface area contributed by atoms with Crippen LogP contribution >= 0.6 is 0 Å². The van der Waals surface area contributed by atoms with Crippen molar-refractivity contribution in [3.05, 3.63) is 29.6 Å². The zero-order chi connectivity index (χ0) is 15.5. The number of rotatable bonds is 5. The van der Waals surface area contributed by atoms with E-state index in [0.717, 1.165) is 25.9 Å². The molecule has 1 saturated heterocycles. The van der Waals surface area contributed by atoms with Gasteiger partial charge < -0.3 is 10.1 Å². The molecule has 1 heterocycles. The summed E-state index contributed by atoms with van der Waals surface area (Å²) in [7, 11) is 1.51. The number of nitrogens with zero attached hydrogens (tertiary/aromatic N) is 1. The summed E-state index contributed by atoms with van der Waals surface area (Å²) < 4.78 is 19.5. The van der Waals surface area contributed by atoms with E-state index in [-0.39, 0.29) is 11.4 Å². The van der Waals surface area contributed by atoms with E-state index in [1.165, 1.54) is 7.11 Å². The minimum atomic E-state index is -0.230. The van der Waals surface area contributed by atoms with E-state index in [4.69, 9.17) is 4.74 Å². The fraction of sp³-hybridized carbons (Fsp3) is 0.647. The Morgan fingerprint density at radius 2 is 2.19 bits per heavy atom. The van der Waals surface area contributed by atoms with Crippen LogP contribution in [0.25, 0.3) is 0 Å². The van der Waals surface area contributed by atoms with Crippen LogP contribution in [0.2, 0.25) is 0 Å².